The van der Waals surface area contributed by atoms with Crippen LogP contribution < -0.4 is 15.4 Å². The smallest absolute Gasteiger partial charge is 0.251 e. The molecule has 0 aliphatic rings. The maximum Gasteiger partial charge on any atom is 0.251 e. The number of aliphatic hydroxyl groups is 1. The monoisotopic (exact) mass is 627 g/mol. The highest BCUT2D eigenvalue weighted by atomic mass is 32.1. The molecule has 0 bridgehead atoms. The molecule has 45 heavy (non-hydrogen) atoms. The van der Waals surface area contributed by atoms with E-state index >= 15 is 0 Å². The zero-order valence-electron chi connectivity index (χ0n) is 25.1. The van der Waals surface area contributed by atoms with Crippen molar-refractivity contribution in [2.75, 3.05) is 13.7 Å². The van der Waals surface area contributed by atoms with Gasteiger partial charge >= 0.3 is 0 Å². The standard InChI is InChI=1S/C36H35F2N3O3S/c1-3-23-5-4-6-24(13-23)21-39-22-34(42)33(16-25-14-30(37)20-31(38)15-25)41-35(43)28-17-27(26-7-9-32(44-2)10-8-26)18-29(19-28)36-40-11-12-45-36/h4-15,17-20,33-34,39,42H,3,16,21-22H2,1-2H3,(H,41,43)/t33-,34+/m0/s1. The Balaban J connectivity index is 1.40. The van der Waals surface area contributed by atoms with Crippen LogP contribution in [0.25, 0.3) is 21.7 Å². The van der Waals surface area contributed by atoms with Gasteiger partial charge in [-0.3, -0.25) is 4.79 Å². The van der Waals surface area contributed by atoms with Crippen LogP contribution in [0.2, 0.25) is 0 Å². The minimum atomic E-state index is -1.06. The number of ether oxygens (including phenoxy) is 1. The predicted molar refractivity (Wildman–Crippen MR) is 174 cm³/mol. The number of aliphatic hydroxyl groups excluding tert-OH is 1. The van der Waals surface area contributed by atoms with Crippen LogP contribution in [0, 0.1) is 11.6 Å². The van der Waals surface area contributed by atoms with E-state index in [1.807, 2.05) is 47.8 Å². The van der Waals surface area contributed by atoms with Gasteiger partial charge in [-0.25, -0.2) is 13.8 Å². The number of nitrogens with one attached hydrogen (secondary N) is 2. The maximum absolute atomic E-state index is 14.1. The summed E-state index contributed by atoms with van der Waals surface area (Å²) in [7, 11) is 1.60. The van der Waals surface area contributed by atoms with Crippen LogP contribution in [0.5, 0.6) is 5.75 Å². The molecule has 2 atom stereocenters. The minimum absolute atomic E-state index is 0.0199. The lowest BCUT2D eigenvalue weighted by Crippen LogP contribution is -2.48. The van der Waals surface area contributed by atoms with Gasteiger partial charge in [0.05, 0.1) is 19.3 Å². The van der Waals surface area contributed by atoms with E-state index in [-0.39, 0.29) is 13.0 Å². The van der Waals surface area contributed by atoms with Crippen LogP contribution in [0.1, 0.15) is 34.0 Å². The second-order valence-corrected chi connectivity index (χ2v) is 11.7. The van der Waals surface area contributed by atoms with E-state index in [0.29, 0.717) is 23.4 Å². The Kier molecular flexibility index (Phi) is 10.7. The molecule has 232 valence electrons. The molecule has 0 unspecified atom stereocenters. The fourth-order valence-electron chi connectivity index (χ4n) is 5.18. The maximum atomic E-state index is 14.1. The van der Waals surface area contributed by atoms with Crippen LogP contribution in [0.15, 0.2) is 96.5 Å². The van der Waals surface area contributed by atoms with Crippen molar-refractivity contribution < 1.29 is 23.4 Å². The molecule has 4 aromatic carbocycles. The second kappa shape index (κ2) is 15.0. The zero-order valence-corrected chi connectivity index (χ0v) is 25.9. The van der Waals surface area contributed by atoms with Gasteiger partial charge in [-0.15, -0.1) is 11.3 Å². The Morgan fingerprint density at radius 1 is 0.911 bits per heavy atom. The number of carbonyl (C=O) groups is 1. The summed E-state index contributed by atoms with van der Waals surface area (Å²) in [6.45, 7) is 2.75. The molecule has 9 heteroatoms. The molecule has 0 aliphatic carbocycles. The Bertz CT molecular complexity index is 1710. The first-order valence-corrected chi connectivity index (χ1v) is 15.6. The SMILES string of the molecule is CCc1cccc(CNC[C@@H](O)[C@H](Cc2cc(F)cc(F)c2)NC(=O)c2cc(-c3ccc(OC)cc3)cc(-c3nccs3)c2)c1. The van der Waals surface area contributed by atoms with E-state index in [1.54, 1.807) is 25.4 Å². The highest BCUT2D eigenvalue weighted by Gasteiger charge is 2.24. The topological polar surface area (TPSA) is 83.5 Å². The number of hydrogen-bond donors (Lipinski definition) is 3. The van der Waals surface area contributed by atoms with Gasteiger partial charge in [0.2, 0.25) is 0 Å². The van der Waals surface area contributed by atoms with Crippen LogP contribution in [-0.4, -0.2) is 41.8 Å². The van der Waals surface area contributed by atoms with Gasteiger partial charge in [-0.1, -0.05) is 43.3 Å². The molecule has 0 radical (unpaired) electrons. The third-order valence-electron chi connectivity index (χ3n) is 7.54. The summed E-state index contributed by atoms with van der Waals surface area (Å²) < 4.78 is 33.4. The van der Waals surface area contributed by atoms with E-state index in [9.17, 15) is 18.7 Å². The van der Waals surface area contributed by atoms with Crippen LogP contribution in [-0.2, 0) is 19.4 Å². The minimum Gasteiger partial charge on any atom is -0.497 e. The van der Waals surface area contributed by atoms with Gasteiger partial charge < -0.3 is 20.5 Å². The number of nitrogens with zero attached hydrogens (tertiary/aromatic N) is 1. The highest BCUT2D eigenvalue weighted by Crippen LogP contribution is 2.30. The number of aromatic nitrogens is 1. The average molecular weight is 628 g/mol. The zero-order chi connectivity index (χ0) is 31.8. The molecule has 0 spiro atoms. The number of rotatable bonds is 13. The van der Waals surface area contributed by atoms with Crippen molar-refractivity contribution in [1.29, 1.82) is 0 Å². The largest absolute Gasteiger partial charge is 0.497 e. The van der Waals surface area contributed by atoms with Crippen molar-refractivity contribution in [3.63, 3.8) is 0 Å². The molecular formula is C36H35F2N3O3S. The number of carbonyl (C=O) groups excluding carboxylic acids is 1. The number of amides is 1. The summed E-state index contributed by atoms with van der Waals surface area (Å²) >= 11 is 1.46. The summed E-state index contributed by atoms with van der Waals surface area (Å²) in [6.07, 6.45) is 1.58. The first-order valence-electron chi connectivity index (χ1n) is 14.7. The Morgan fingerprint density at radius 3 is 2.33 bits per heavy atom. The van der Waals surface area contributed by atoms with Crippen molar-refractivity contribution >= 4 is 17.2 Å². The molecule has 0 fully saturated rings. The quantitative estimate of drug-likeness (QED) is 0.134. The average Bonchev–Trinajstić information content (AvgIpc) is 3.59. The van der Waals surface area contributed by atoms with Gasteiger partial charge in [0.15, 0.2) is 0 Å². The first kappa shape index (κ1) is 32.0. The van der Waals surface area contributed by atoms with Crippen molar-refractivity contribution in [2.24, 2.45) is 0 Å². The van der Waals surface area contributed by atoms with Gasteiger partial charge in [0, 0.05) is 41.9 Å². The van der Waals surface area contributed by atoms with Crippen LogP contribution >= 0.6 is 11.3 Å². The number of hydrogen-bond acceptors (Lipinski definition) is 6. The third kappa shape index (κ3) is 8.60. The van der Waals surface area contributed by atoms with E-state index in [1.165, 1.54) is 29.0 Å². The molecule has 0 saturated carbocycles. The molecule has 1 aromatic heterocycles. The molecule has 6 nitrogen and oxygen atoms in total. The van der Waals surface area contributed by atoms with Crippen molar-refractivity contribution in [3.8, 4) is 27.4 Å². The molecule has 5 aromatic rings. The second-order valence-electron chi connectivity index (χ2n) is 10.8. The lowest BCUT2D eigenvalue weighted by Gasteiger charge is -2.25. The summed E-state index contributed by atoms with van der Waals surface area (Å²) in [5.74, 6) is -1.16. The fraction of sp³-hybridized carbons (Fsp3) is 0.222. The van der Waals surface area contributed by atoms with Gasteiger partial charge in [0.25, 0.3) is 5.91 Å². The van der Waals surface area contributed by atoms with Crippen LogP contribution in [0.4, 0.5) is 8.78 Å². The van der Waals surface area contributed by atoms with E-state index in [0.717, 1.165) is 39.7 Å². The highest BCUT2D eigenvalue weighted by molar-refractivity contribution is 7.13. The van der Waals surface area contributed by atoms with Crippen molar-refractivity contribution in [3.05, 3.63) is 130 Å². The molecule has 0 saturated heterocycles. The molecular weight excluding hydrogens is 592 g/mol. The Labute approximate surface area is 265 Å². The third-order valence-corrected chi connectivity index (χ3v) is 8.36. The number of thiazole rings is 1. The lowest BCUT2D eigenvalue weighted by molar-refractivity contribution is 0.0830. The van der Waals surface area contributed by atoms with Crippen LogP contribution in [0.3, 0.4) is 0 Å². The van der Waals surface area contributed by atoms with E-state index in [2.05, 4.69) is 34.7 Å². The lowest BCUT2D eigenvalue weighted by atomic mass is 9.97. The summed E-state index contributed by atoms with van der Waals surface area (Å²) in [5.41, 5.74) is 5.41. The normalized spacial score (nSPS) is 12.5. The molecule has 0 aliphatic heterocycles. The van der Waals surface area contributed by atoms with Gasteiger partial charge in [-0.05, 0) is 83.1 Å². The van der Waals surface area contributed by atoms with Gasteiger partial charge in [0.1, 0.15) is 22.4 Å². The summed E-state index contributed by atoms with van der Waals surface area (Å²) in [6, 6.07) is 23.6. The number of halogens is 2. The van der Waals surface area contributed by atoms with Crippen molar-refractivity contribution in [2.45, 2.75) is 38.5 Å². The molecule has 1 heterocycles. The molecule has 3 N–H and O–H groups in total. The Hall–Kier alpha value is -4.44. The fourth-order valence-corrected chi connectivity index (χ4v) is 5.81. The van der Waals surface area contributed by atoms with Crippen molar-refractivity contribution in [1.82, 2.24) is 15.6 Å². The summed E-state index contributed by atoms with van der Waals surface area (Å²) in [4.78, 5) is 18.3. The number of benzene rings is 4. The van der Waals surface area contributed by atoms with E-state index < -0.39 is 29.7 Å². The predicted octanol–water partition coefficient (Wildman–Crippen LogP) is 6.82. The number of methoxy groups -OCH3 is 1. The molecule has 5 rings (SSSR count). The van der Waals surface area contributed by atoms with Gasteiger partial charge in [-0.2, -0.15) is 0 Å². The number of aryl methyl sites for hydroxylation is 1. The summed E-state index contributed by atoms with van der Waals surface area (Å²) in [5, 5.41) is 20.1. The molecule has 1 amide bonds. The van der Waals surface area contributed by atoms with E-state index in [4.69, 9.17) is 4.74 Å². The first-order chi connectivity index (χ1) is 21.8. The Morgan fingerprint density at radius 2 is 1.64 bits per heavy atom.